The molecule has 0 aliphatic carbocycles. The van der Waals surface area contributed by atoms with Crippen LogP contribution in [0.1, 0.15) is 38.5 Å². The second kappa shape index (κ2) is 6.67. The van der Waals surface area contributed by atoms with Crippen molar-refractivity contribution < 1.29 is 14.3 Å². The van der Waals surface area contributed by atoms with Crippen molar-refractivity contribution in [2.24, 2.45) is 5.41 Å². The molecule has 0 radical (unpaired) electrons. The number of amides is 3. The van der Waals surface area contributed by atoms with Gasteiger partial charge in [0.1, 0.15) is 0 Å². The van der Waals surface area contributed by atoms with Crippen molar-refractivity contribution in [1.29, 1.82) is 0 Å². The van der Waals surface area contributed by atoms with Gasteiger partial charge in [0.2, 0.25) is 5.91 Å². The maximum absolute atomic E-state index is 12.3. The molecule has 3 heterocycles. The normalized spacial score (nSPS) is 27.6. The monoisotopic (exact) mass is 323 g/mol. The number of hydrogen-bond acceptors (Lipinski definition) is 3. The van der Waals surface area contributed by atoms with Crippen LogP contribution in [0, 0.1) is 5.41 Å². The molecule has 6 nitrogen and oxygen atoms in total. The van der Waals surface area contributed by atoms with E-state index in [-0.39, 0.29) is 23.5 Å². The van der Waals surface area contributed by atoms with E-state index in [4.69, 9.17) is 4.74 Å². The molecule has 0 N–H and O–H groups in total. The Kier molecular flexibility index (Phi) is 4.80. The Bertz CT molecular complexity index is 452. The minimum atomic E-state index is 0.1000. The predicted molar refractivity (Wildman–Crippen MR) is 87.1 cm³/mol. The number of hydrogen-bond donors (Lipinski definition) is 0. The van der Waals surface area contributed by atoms with E-state index in [0.29, 0.717) is 6.42 Å². The highest BCUT2D eigenvalue weighted by Crippen LogP contribution is 2.40. The molecule has 3 saturated heterocycles. The van der Waals surface area contributed by atoms with Crippen molar-refractivity contribution in [1.82, 2.24) is 14.7 Å². The molecule has 3 aliphatic rings. The second-order valence-electron chi connectivity index (χ2n) is 7.57. The average molecular weight is 323 g/mol. The Hall–Kier alpha value is -1.30. The van der Waals surface area contributed by atoms with Crippen molar-refractivity contribution in [3.63, 3.8) is 0 Å². The van der Waals surface area contributed by atoms with Gasteiger partial charge in [0.15, 0.2) is 0 Å². The molecule has 0 aromatic heterocycles. The van der Waals surface area contributed by atoms with Crippen LogP contribution in [0.4, 0.5) is 4.79 Å². The third-order valence-electron chi connectivity index (χ3n) is 5.67. The van der Waals surface area contributed by atoms with Crippen molar-refractivity contribution in [2.45, 2.75) is 44.6 Å². The Morgan fingerprint density at radius 1 is 1.30 bits per heavy atom. The van der Waals surface area contributed by atoms with Crippen molar-refractivity contribution in [3.8, 4) is 0 Å². The summed E-state index contributed by atoms with van der Waals surface area (Å²) in [4.78, 5) is 30.0. The van der Waals surface area contributed by atoms with E-state index in [0.717, 1.165) is 64.9 Å². The lowest BCUT2D eigenvalue weighted by molar-refractivity contribution is -0.140. The van der Waals surface area contributed by atoms with Crippen molar-refractivity contribution in [3.05, 3.63) is 0 Å². The number of carbonyl (C=O) groups excluding carboxylic acids is 2. The Morgan fingerprint density at radius 3 is 2.65 bits per heavy atom. The fourth-order valence-electron chi connectivity index (χ4n) is 4.17. The average Bonchev–Trinajstić information content (AvgIpc) is 3.04. The van der Waals surface area contributed by atoms with Crippen LogP contribution < -0.4 is 0 Å². The number of ether oxygens (including phenoxy) is 1. The first-order chi connectivity index (χ1) is 11.0. The summed E-state index contributed by atoms with van der Waals surface area (Å²) in [5.41, 5.74) is 0.204. The minimum Gasteiger partial charge on any atom is -0.376 e. The molecule has 3 rings (SSSR count). The number of piperidine rings is 2. The van der Waals surface area contributed by atoms with E-state index in [1.165, 1.54) is 0 Å². The predicted octanol–water partition coefficient (Wildman–Crippen LogP) is 1.55. The van der Waals surface area contributed by atoms with Crippen LogP contribution >= 0.6 is 0 Å². The van der Waals surface area contributed by atoms with Crippen LogP contribution in [0.3, 0.4) is 0 Å². The van der Waals surface area contributed by atoms with E-state index < -0.39 is 0 Å². The van der Waals surface area contributed by atoms with E-state index in [2.05, 4.69) is 0 Å². The highest BCUT2D eigenvalue weighted by atomic mass is 16.5. The first-order valence-corrected chi connectivity index (χ1v) is 8.85. The Morgan fingerprint density at radius 2 is 2.04 bits per heavy atom. The first kappa shape index (κ1) is 16.6. The van der Waals surface area contributed by atoms with Gasteiger partial charge in [0.25, 0.3) is 0 Å². The van der Waals surface area contributed by atoms with E-state index in [1.807, 2.05) is 9.80 Å². The topological polar surface area (TPSA) is 53.1 Å². The van der Waals surface area contributed by atoms with Gasteiger partial charge in [-0.15, -0.1) is 0 Å². The molecule has 3 amide bonds. The number of carbonyl (C=O) groups is 2. The smallest absolute Gasteiger partial charge is 0.319 e. The summed E-state index contributed by atoms with van der Waals surface area (Å²) < 4.78 is 5.70. The van der Waals surface area contributed by atoms with E-state index in [1.54, 1.807) is 19.0 Å². The summed E-state index contributed by atoms with van der Waals surface area (Å²) in [6.07, 6.45) is 6.03. The van der Waals surface area contributed by atoms with Crippen LogP contribution in [0.15, 0.2) is 0 Å². The minimum absolute atomic E-state index is 0.1000. The Balaban J connectivity index is 1.57. The van der Waals surface area contributed by atoms with Gasteiger partial charge < -0.3 is 19.4 Å². The van der Waals surface area contributed by atoms with Gasteiger partial charge in [-0.05, 0) is 37.5 Å². The molecule has 130 valence electrons. The lowest BCUT2D eigenvalue weighted by atomic mass is 9.72. The van der Waals surface area contributed by atoms with Gasteiger partial charge in [-0.1, -0.05) is 0 Å². The summed E-state index contributed by atoms with van der Waals surface area (Å²) in [5.74, 6) is 0.276. The fourth-order valence-corrected chi connectivity index (χ4v) is 4.17. The zero-order valence-electron chi connectivity index (χ0n) is 14.4. The SMILES string of the molecule is CN(C)C(=O)N1CCC2(CCC(=O)N(C[C@@H]3CCCO3)C2)CC1. The fraction of sp³-hybridized carbons (Fsp3) is 0.882. The van der Waals surface area contributed by atoms with Gasteiger partial charge in [-0.3, -0.25) is 4.79 Å². The lowest BCUT2D eigenvalue weighted by Crippen LogP contribution is -2.54. The maximum atomic E-state index is 12.3. The zero-order valence-corrected chi connectivity index (χ0v) is 14.4. The maximum Gasteiger partial charge on any atom is 0.319 e. The molecule has 6 heteroatoms. The third kappa shape index (κ3) is 3.62. The molecule has 0 aromatic carbocycles. The van der Waals surface area contributed by atoms with Gasteiger partial charge in [-0.25, -0.2) is 4.79 Å². The second-order valence-corrected chi connectivity index (χ2v) is 7.57. The van der Waals surface area contributed by atoms with E-state index in [9.17, 15) is 9.59 Å². The van der Waals surface area contributed by atoms with Gasteiger partial charge >= 0.3 is 6.03 Å². The third-order valence-corrected chi connectivity index (χ3v) is 5.67. The van der Waals surface area contributed by atoms with Gasteiger partial charge in [-0.2, -0.15) is 0 Å². The molecule has 3 aliphatic heterocycles. The first-order valence-electron chi connectivity index (χ1n) is 8.85. The molecule has 3 fully saturated rings. The summed E-state index contributed by atoms with van der Waals surface area (Å²) in [6.45, 7) is 4.04. The van der Waals surface area contributed by atoms with Crippen LogP contribution in [-0.4, -0.2) is 79.6 Å². The van der Waals surface area contributed by atoms with Crippen molar-refractivity contribution in [2.75, 3.05) is 46.9 Å². The van der Waals surface area contributed by atoms with Crippen LogP contribution in [0.25, 0.3) is 0 Å². The lowest BCUT2D eigenvalue weighted by Gasteiger charge is -2.48. The quantitative estimate of drug-likeness (QED) is 0.775. The molecule has 0 bridgehead atoms. The molecule has 0 unspecified atom stereocenters. The van der Waals surface area contributed by atoms with Crippen LogP contribution in [0.5, 0.6) is 0 Å². The van der Waals surface area contributed by atoms with Crippen molar-refractivity contribution >= 4 is 11.9 Å². The van der Waals surface area contributed by atoms with Crippen LogP contribution in [-0.2, 0) is 9.53 Å². The largest absolute Gasteiger partial charge is 0.376 e. The summed E-state index contributed by atoms with van der Waals surface area (Å²) in [5, 5.41) is 0. The highest BCUT2D eigenvalue weighted by molar-refractivity contribution is 5.77. The standard InChI is InChI=1S/C17H29N3O3/c1-18(2)16(22)19-9-7-17(8-10-19)6-5-15(21)20(13-17)12-14-4-3-11-23-14/h14H,3-13H2,1-2H3/t14-/m0/s1. The molecule has 1 atom stereocenters. The molecule has 0 saturated carbocycles. The molecule has 23 heavy (non-hydrogen) atoms. The molecule has 0 aromatic rings. The number of urea groups is 1. The number of likely N-dealkylation sites (tertiary alicyclic amines) is 2. The summed E-state index contributed by atoms with van der Waals surface area (Å²) in [6, 6.07) is 0.1000. The zero-order chi connectivity index (χ0) is 16.4. The number of rotatable bonds is 2. The molecular weight excluding hydrogens is 294 g/mol. The summed E-state index contributed by atoms with van der Waals surface area (Å²) >= 11 is 0. The highest BCUT2D eigenvalue weighted by Gasteiger charge is 2.42. The number of nitrogens with zero attached hydrogens (tertiary/aromatic N) is 3. The van der Waals surface area contributed by atoms with Crippen LogP contribution in [0.2, 0.25) is 0 Å². The molecule has 1 spiro atoms. The van der Waals surface area contributed by atoms with Gasteiger partial charge in [0.05, 0.1) is 6.10 Å². The Labute approximate surface area is 138 Å². The van der Waals surface area contributed by atoms with Gasteiger partial charge in [0, 0.05) is 53.3 Å². The molecular formula is C17H29N3O3. The summed E-state index contributed by atoms with van der Waals surface area (Å²) in [7, 11) is 3.60. The van der Waals surface area contributed by atoms with E-state index >= 15 is 0 Å².